The van der Waals surface area contributed by atoms with Crippen molar-refractivity contribution in [3.8, 4) is 11.6 Å². The van der Waals surface area contributed by atoms with Gasteiger partial charge in [0, 0.05) is 18.3 Å². The number of hydrogen-bond donors (Lipinski definition) is 2. The standard InChI is InChI=1S/C24H25FN4O3/c1-24(23(26)31,17-4-2-3-15(11-17)16-5-9-21(30)28-12-16)20-8-7-19(14-27-20)32-22-10-6-18(25)13-29-22/h5-10,12-15,17H,2-4,11H2,1H3,(H2,26,31)(H,28,30)/t15-,17?,24?/m1/s1. The number of pyridine rings is 3. The highest BCUT2D eigenvalue weighted by Gasteiger charge is 2.44. The first-order chi connectivity index (χ1) is 15.4. The minimum Gasteiger partial charge on any atom is -0.437 e. The lowest BCUT2D eigenvalue weighted by atomic mass is 9.64. The van der Waals surface area contributed by atoms with Gasteiger partial charge in [0.05, 0.1) is 23.5 Å². The molecule has 2 unspecified atom stereocenters. The molecular weight excluding hydrogens is 411 g/mol. The maximum atomic E-state index is 13.0. The van der Waals surface area contributed by atoms with Crippen LogP contribution >= 0.6 is 0 Å². The summed E-state index contributed by atoms with van der Waals surface area (Å²) < 4.78 is 18.6. The molecule has 4 rings (SSSR count). The first kappa shape index (κ1) is 21.7. The van der Waals surface area contributed by atoms with Gasteiger partial charge in [-0.05, 0) is 61.8 Å². The first-order valence-corrected chi connectivity index (χ1v) is 10.6. The van der Waals surface area contributed by atoms with Crippen LogP contribution in [-0.4, -0.2) is 20.9 Å². The molecule has 0 aliphatic heterocycles. The third-order valence-corrected chi connectivity index (χ3v) is 6.47. The summed E-state index contributed by atoms with van der Waals surface area (Å²) in [6.07, 6.45) is 7.92. The Morgan fingerprint density at radius 2 is 2.00 bits per heavy atom. The van der Waals surface area contributed by atoms with Crippen LogP contribution in [0, 0.1) is 11.7 Å². The van der Waals surface area contributed by atoms with Crippen LogP contribution in [-0.2, 0) is 10.2 Å². The average molecular weight is 436 g/mol. The number of nitrogens with two attached hydrogens (primary N) is 1. The molecule has 3 atom stereocenters. The number of carbonyl (C=O) groups is 1. The number of primary amides is 1. The van der Waals surface area contributed by atoms with Crippen molar-refractivity contribution in [2.24, 2.45) is 11.7 Å². The Hall–Kier alpha value is -3.55. The number of nitrogens with one attached hydrogen (secondary N) is 1. The lowest BCUT2D eigenvalue weighted by molar-refractivity contribution is -0.125. The fraction of sp³-hybridized carbons (Fsp3) is 0.333. The molecule has 3 aromatic rings. The lowest BCUT2D eigenvalue weighted by Gasteiger charge is -2.40. The van der Waals surface area contributed by atoms with Crippen molar-refractivity contribution in [1.29, 1.82) is 0 Å². The maximum absolute atomic E-state index is 13.0. The Bertz CT molecular complexity index is 1130. The predicted octanol–water partition coefficient (Wildman–Crippen LogP) is 3.81. The second-order valence-corrected chi connectivity index (χ2v) is 8.41. The quantitative estimate of drug-likeness (QED) is 0.610. The fourth-order valence-corrected chi connectivity index (χ4v) is 4.52. The van der Waals surface area contributed by atoms with Crippen LogP contribution < -0.4 is 16.0 Å². The van der Waals surface area contributed by atoms with Gasteiger partial charge in [-0.1, -0.05) is 12.5 Å². The van der Waals surface area contributed by atoms with Crippen molar-refractivity contribution >= 4 is 5.91 Å². The Labute approximate surface area is 184 Å². The Morgan fingerprint density at radius 1 is 1.16 bits per heavy atom. The monoisotopic (exact) mass is 436 g/mol. The Kier molecular flexibility index (Phi) is 6.03. The van der Waals surface area contributed by atoms with E-state index in [9.17, 15) is 14.0 Å². The minimum absolute atomic E-state index is 0.00344. The topological polar surface area (TPSA) is 111 Å². The van der Waals surface area contributed by atoms with Crippen LogP contribution in [0.15, 0.2) is 59.8 Å². The van der Waals surface area contributed by atoms with Crippen molar-refractivity contribution in [3.05, 3.63) is 82.4 Å². The molecule has 0 saturated heterocycles. The molecule has 0 aromatic carbocycles. The molecule has 1 aliphatic rings. The van der Waals surface area contributed by atoms with Gasteiger partial charge in [-0.15, -0.1) is 0 Å². The van der Waals surface area contributed by atoms with Crippen LogP contribution in [0.25, 0.3) is 0 Å². The number of amides is 1. The summed E-state index contributed by atoms with van der Waals surface area (Å²) in [4.78, 5) is 35.2. The van der Waals surface area contributed by atoms with Crippen LogP contribution in [0.5, 0.6) is 11.6 Å². The molecule has 3 aromatic heterocycles. The van der Waals surface area contributed by atoms with Crippen molar-refractivity contribution in [2.75, 3.05) is 0 Å². The van der Waals surface area contributed by atoms with Gasteiger partial charge in [0.15, 0.2) is 0 Å². The van der Waals surface area contributed by atoms with E-state index in [4.69, 9.17) is 10.5 Å². The zero-order valence-corrected chi connectivity index (χ0v) is 17.8. The second-order valence-electron chi connectivity index (χ2n) is 8.41. The van der Waals surface area contributed by atoms with Gasteiger partial charge in [0.25, 0.3) is 0 Å². The number of H-pyrrole nitrogens is 1. The van der Waals surface area contributed by atoms with Gasteiger partial charge in [0.1, 0.15) is 11.6 Å². The largest absolute Gasteiger partial charge is 0.437 e. The fourth-order valence-electron chi connectivity index (χ4n) is 4.52. The number of ether oxygens (including phenoxy) is 1. The lowest BCUT2D eigenvalue weighted by Crippen LogP contribution is -2.46. The van der Waals surface area contributed by atoms with Crippen LogP contribution in [0.4, 0.5) is 4.39 Å². The predicted molar refractivity (Wildman–Crippen MR) is 117 cm³/mol. The molecule has 1 amide bonds. The molecule has 1 aliphatic carbocycles. The summed E-state index contributed by atoms with van der Waals surface area (Å²) in [5.74, 6) is 0.0332. The summed E-state index contributed by atoms with van der Waals surface area (Å²) in [6, 6.07) is 9.51. The smallest absolute Gasteiger partial charge is 0.247 e. The zero-order chi connectivity index (χ0) is 22.7. The van der Waals surface area contributed by atoms with E-state index in [0.717, 1.165) is 37.4 Å². The van der Waals surface area contributed by atoms with E-state index in [1.807, 2.05) is 13.0 Å². The molecule has 8 heteroatoms. The molecule has 0 bridgehead atoms. The molecule has 166 valence electrons. The van der Waals surface area contributed by atoms with Gasteiger partial charge in [0.2, 0.25) is 17.3 Å². The average Bonchev–Trinajstić information content (AvgIpc) is 2.81. The third kappa shape index (κ3) is 4.39. The normalized spacial score (nSPS) is 20.3. The summed E-state index contributed by atoms with van der Waals surface area (Å²) >= 11 is 0. The van der Waals surface area contributed by atoms with Crippen molar-refractivity contribution in [1.82, 2.24) is 15.0 Å². The summed E-state index contributed by atoms with van der Waals surface area (Å²) in [7, 11) is 0. The van der Waals surface area contributed by atoms with Crippen molar-refractivity contribution in [3.63, 3.8) is 0 Å². The van der Waals surface area contributed by atoms with E-state index in [-0.39, 0.29) is 23.3 Å². The van der Waals surface area contributed by atoms with Gasteiger partial charge >= 0.3 is 0 Å². The summed E-state index contributed by atoms with van der Waals surface area (Å²) in [6.45, 7) is 1.85. The maximum Gasteiger partial charge on any atom is 0.247 e. The SMILES string of the molecule is CC(C(N)=O)(c1ccc(Oc2ccc(F)cn2)cn1)C1CCC[C@@H](c2ccc(=O)[nH]c2)C1. The molecule has 1 fully saturated rings. The van der Waals surface area contributed by atoms with E-state index >= 15 is 0 Å². The van der Waals surface area contributed by atoms with Gasteiger partial charge in [-0.25, -0.2) is 9.37 Å². The van der Waals surface area contributed by atoms with Gasteiger partial charge in [-0.2, -0.15) is 0 Å². The number of rotatable bonds is 6. The highest BCUT2D eigenvalue weighted by Crippen LogP contribution is 2.45. The van der Waals surface area contributed by atoms with Gasteiger partial charge < -0.3 is 15.5 Å². The minimum atomic E-state index is -0.951. The number of nitrogens with zero attached hydrogens (tertiary/aromatic N) is 2. The van der Waals surface area contributed by atoms with E-state index in [2.05, 4.69) is 15.0 Å². The van der Waals surface area contributed by atoms with Gasteiger partial charge in [-0.3, -0.25) is 14.6 Å². The highest BCUT2D eigenvalue weighted by atomic mass is 19.1. The zero-order valence-electron chi connectivity index (χ0n) is 17.8. The molecule has 3 heterocycles. The molecule has 0 spiro atoms. The number of halogens is 1. The van der Waals surface area contributed by atoms with Crippen LogP contribution in [0.2, 0.25) is 0 Å². The number of carbonyl (C=O) groups excluding carboxylic acids is 1. The summed E-state index contributed by atoms with van der Waals surface area (Å²) in [5, 5.41) is 0. The first-order valence-electron chi connectivity index (χ1n) is 10.6. The van der Waals surface area contributed by atoms with Crippen molar-refractivity contribution in [2.45, 2.75) is 43.9 Å². The third-order valence-electron chi connectivity index (χ3n) is 6.47. The van der Waals surface area contributed by atoms with E-state index in [0.29, 0.717) is 11.4 Å². The number of hydrogen-bond acceptors (Lipinski definition) is 5. The van der Waals surface area contributed by atoms with Crippen LogP contribution in [0.3, 0.4) is 0 Å². The van der Waals surface area contributed by atoms with E-state index in [1.54, 1.807) is 18.3 Å². The van der Waals surface area contributed by atoms with Crippen LogP contribution in [0.1, 0.15) is 49.8 Å². The molecule has 32 heavy (non-hydrogen) atoms. The molecule has 3 N–H and O–H groups in total. The molecule has 7 nitrogen and oxygen atoms in total. The molecule has 0 radical (unpaired) electrons. The number of aromatic amines is 1. The van der Waals surface area contributed by atoms with E-state index < -0.39 is 17.1 Å². The molecule has 1 saturated carbocycles. The molecular formula is C24H25FN4O3. The number of aromatic nitrogens is 3. The highest BCUT2D eigenvalue weighted by molar-refractivity contribution is 5.86. The Balaban J connectivity index is 1.55. The van der Waals surface area contributed by atoms with E-state index in [1.165, 1.54) is 24.4 Å². The second kappa shape index (κ2) is 8.90. The summed E-state index contributed by atoms with van der Waals surface area (Å²) in [5.41, 5.74) is 6.47. The van der Waals surface area contributed by atoms with Crippen molar-refractivity contribution < 1.29 is 13.9 Å². The Morgan fingerprint density at radius 3 is 2.62 bits per heavy atom.